The zero-order valence-corrected chi connectivity index (χ0v) is 18.8. The third-order valence-corrected chi connectivity index (χ3v) is 5.06. The highest BCUT2D eigenvalue weighted by Gasteiger charge is 2.17. The van der Waals surface area contributed by atoms with Crippen molar-refractivity contribution in [2.75, 3.05) is 18.5 Å². The van der Waals surface area contributed by atoms with E-state index >= 15 is 0 Å². The van der Waals surface area contributed by atoms with Crippen molar-refractivity contribution in [2.24, 2.45) is 0 Å². The maximum absolute atomic E-state index is 12.9. The Balaban J connectivity index is 1.69. The van der Waals surface area contributed by atoms with E-state index in [9.17, 15) is 9.59 Å². The quantitative estimate of drug-likeness (QED) is 0.396. The molecule has 0 bridgehead atoms. The molecule has 0 atom stereocenters. The van der Waals surface area contributed by atoms with Gasteiger partial charge in [0.1, 0.15) is 0 Å². The molecule has 0 fully saturated rings. The van der Waals surface area contributed by atoms with Gasteiger partial charge in [-0.2, -0.15) is 0 Å². The van der Waals surface area contributed by atoms with E-state index in [-0.39, 0.29) is 24.5 Å². The molecular weight excluding hydrogens is 402 g/mol. The first kappa shape index (κ1) is 23.1. The van der Waals surface area contributed by atoms with Crippen molar-refractivity contribution in [2.45, 2.75) is 33.6 Å². The molecule has 3 aromatic carbocycles. The lowest BCUT2D eigenvalue weighted by atomic mass is 10.00. The average molecular weight is 432 g/mol. The second-order valence-corrected chi connectivity index (χ2v) is 7.36. The number of anilines is 1. The third-order valence-electron chi connectivity index (χ3n) is 5.06. The summed E-state index contributed by atoms with van der Waals surface area (Å²) in [5, 5.41) is 2.95. The molecule has 3 aromatic rings. The number of rotatable bonds is 10. The van der Waals surface area contributed by atoms with Crippen LogP contribution < -0.4 is 14.8 Å². The van der Waals surface area contributed by atoms with Gasteiger partial charge < -0.3 is 14.8 Å². The Bertz CT molecular complexity index is 1080. The van der Waals surface area contributed by atoms with E-state index < -0.39 is 0 Å². The number of hydrogen-bond acceptors (Lipinski definition) is 4. The predicted molar refractivity (Wildman–Crippen MR) is 128 cm³/mol. The molecule has 0 aliphatic carbocycles. The molecule has 0 aliphatic rings. The summed E-state index contributed by atoms with van der Waals surface area (Å²) in [5.74, 6) is 0.872. The summed E-state index contributed by atoms with van der Waals surface area (Å²) in [7, 11) is 0. The lowest BCUT2D eigenvalue weighted by molar-refractivity contribution is -0.116. The number of amides is 1. The highest BCUT2D eigenvalue weighted by atomic mass is 16.5. The molecule has 1 amide bonds. The molecule has 5 heteroatoms. The molecule has 0 spiro atoms. The standard InChI is InChI=1S/C27H29NO4/c1-4-31-25-17-19(3)22(18-26(25)32-5-2)24(29)15-16-27(30)28-23-14-10-9-13-21(23)20-11-7-6-8-12-20/h6-14,17-18H,4-5,15-16H2,1-3H3,(H,28,30). The van der Waals surface area contributed by atoms with Crippen LogP contribution in [0, 0.1) is 6.92 Å². The summed E-state index contributed by atoms with van der Waals surface area (Å²) in [4.78, 5) is 25.5. The summed E-state index contributed by atoms with van der Waals surface area (Å²) < 4.78 is 11.3. The van der Waals surface area contributed by atoms with Crippen LogP contribution in [-0.4, -0.2) is 24.9 Å². The Hall–Kier alpha value is -3.60. The monoisotopic (exact) mass is 431 g/mol. The van der Waals surface area contributed by atoms with Gasteiger partial charge in [0.05, 0.1) is 13.2 Å². The number of hydrogen-bond donors (Lipinski definition) is 1. The van der Waals surface area contributed by atoms with Crippen LogP contribution in [0.5, 0.6) is 11.5 Å². The van der Waals surface area contributed by atoms with Gasteiger partial charge in [0, 0.05) is 29.7 Å². The van der Waals surface area contributed by atoms with Gasteiger partial charge in [-0.25, -0.2) is 0 Å². The number of aryl methyl sites for hydroxylation is 1. The molecule has 0 heterocycles. The summed E-state index contributed by atoms with van der Waals surface area (Å²) in [6, 6.07) is 21.1. The van der Waals surface area contributed by atoms with E-state index in [0.717, 1.165) is 22.4 Å². The normalized spacial score (nSPS) is 10.5. The molecule has 32 heavy (non-hydrogen) atoms. The van der Waals surface area contributed by atoms with Crippen LogP contribution in [0.4, 0.5) is 5.69 Å². The second-order valence-electron chi connectivity index (χ2n) is 7.36. The highest BCUT2D eigenvalue weighted by molar-refractivity contribution is 6.02. The van der Waals surface area contributed by atoms with Crippen LogP contribution in [0.25, 0.3) is 11.1 Å². The minimum Gasteiger partial charge on any atom is -0.490 e. The molecule has 0 unspecified atom stereocenters. The molecule has 0 saturated heterocycles. The van der Waals surface area contributed by atoms with E-state index in [1.165, 1.54) is 0 Å². The summed E-state index contributed by atoms with van der Waals surface area (Å²) in [6.07, 6.45) is 0.207. The first-order valence-electron chi connectivity index (χ1n) is 10.9. The second kappa shape index (κ2) is 11.1. The molecule has 0 aliphatic heterocycles. The largest absolute Gasteiger partial charge is 0.490 e. The van der Waals surface area contributed by atoms with Crippen molar-refractivity contribution in [3.05, 3.63) is 77.9 Å². The zero-order chi connectivity index (χ0) is 22.9. The van der Waals surface area contributed by atoms with Crippen molar-refractivity contribution in [1.82, 2.24) is 0 Å². The number of nitrogens with one attached hydrogen (secondary N) is 1. The van der Waals surface area contributed by atoms with E-state index in [1.54, 1.807) is 6.07 Å². The SMILES string of the molecule is CCOc1cc(C)c(C(=O)CCC(=O)Nc2ccccc2-c2ccccc2)cc1OCC. The molecule has 0 saturated carbocycles. The van der Waals surface area contributed by atoms with E-state index in [4.69, 9.17) is 9.47 Å². The number of benzene rings is 3. The Morgan fingerprint density at radius 2 is 1.44 bits per heavy atom. The van der Waals surface area contributed by atoms with Gasteiger partial charge >= 0.3 is 0 Å². The van der Waals surface area contributed by atoms with E-state index in [1.807, 2.05) is 81.4 Å². The maximum Gasteiger partial charge on any atom is 0.224 e. The zero-order valence-electron chi connectivity index (χ0n) is 18.8. The fourth-order valence-electron chi connectivity index (χ4n) is 3.53. The van der Waals surface area contributed by atoms with E-state index in [0.29, 0.717) is 30.3 Å². The first-order chi connectivity index (χ1) is 15.5. The van der Waals surface area contributed by atoms with Gasteiger partial charge in [0.2, 0.25) is 5.91 Å². The lowest BCUT2D eigenvalue weighted by Gasteiger charge is -2.14. The predicted octanol–water partition coefficient (Wildman–Crippen LogP) is 6.06. The highest BCUT2D eigenvalue weighted by Crippen LogP contribution is 2.32. The van der Waals surface area contributed by atoms with Crippen LogP contribution in [0.15, 0.2) is 66.7 Å². The van der Waals surface area contributed by atoms with Crippen LogP contribution in [0.1, 0.15) is 42.6 Å². The molecular formula is C27H29NO4. The fraction of sp³-hybridized carbons (Fsp3) is 0.259. The minimum atomic E-state index is -0.199. The molecule has 1 N–H and O–H groups in total. The van der Waals surface area contributed by atoms with Crippen molar-refractivity contribution < 1.29 is 19.1 Å². The lowest BCUT2D eigenvalue weighted by Crippen LogP contribution is -2.14. The van der Waals surface area contributed by atoms with Gasteiger partial charge in [0.25, 0.3) is 0 Å². The van der Waals surface area contributed by atoms with Crippen LogP contribution in [0.2, 0.25) is 0 Å². The van der Waals surface area contributed by atoms with Crippen LogP contribution >= 0.6 is 0 Å². The van der Waals surface area contributed by atoms with Crippen LogP contribution in [0.3, 0.4) is 0 Å². The number of carbonyl (C=O) groups is 2. The molecule has 3 rings (SSSR count). The molecule has 0 radical (unpaired) electrons. The number of ketones is 1. The van der Waals surface area contributed by atoms with Gasteiger partial charge in [0.15, 0.2) is 17.3 Å². The van der Waals surface area contributed by atoms with Gasteiger partial charge in [-0.15, -0.1) is 0 Å². The van der Waals surface area contributed by atoms with Crippen molar-refractivity contribution >= 4 is 17.4 Å². The summed E-state index contributed by atoms with van der Waals surface area (Å²) >= 11 is 0. The minimum absolute atomic E-state index is 0.0958. The Labute approximate surface area is 189 Å². The molecule has 166 valence electrons. The average Bonchev–Trinajstić information content (AvgIpc) is 2.80. The van der Waals surface area contributed by atoms with Crippen molar-refractivity contribution in [1.29, 1.82) is 0 Å². The molecule has 5 nitrogen and oxygen atoms in total. The Kier molecular flexibility index (Phi) is 8.03. The topological polar surface area (TPSA) is 64.6 Å². The number of Topliss-reactive ketones (excluding diaryl/α,β-unsaturated/α-hetero) is 1. The molecule has 0 aromatic heterocycles. The number of ether oxygens (including phenoxy) is 2. The van der Waals surface area contributed by atoms with Crippen molar-refractivity contribution in [3.8, 4) is 22.6 Å². The third kappa shape index (κ3) is 5.76. The summed E-state index contributed by atoms with van der Waals surface area (Å²) in [6.45, 7) is 6.63. The van der Waals surface area contributed by atoms with Gasteiger partial charge in [-0.1, -0.05) is 48.5 Å². The smallest absolute Gasteiger partial charge is 0.224 e. The Morgan fingerprint density at radius 1 is 0.812 bits per heavy atom. The van der Waals surface area contributed by atoms with Crippen LogP contribution in [-0.2, 0) is 4.79 Å². The first-order valence-corrected chi connectivity index (χ1v) is 10.9. The number of carbonyl (C=O) groups excluding carboxylic acids is 2. The van der Waals surface area contributed by atoms with E-state index in [2.05, 4.69) is 5.32 Å². The number of para-hydroxylation sites is 1. The van der Waals surface area contributed by atoms with Crippen molar-refractivity contribution in [3.63, 3.8) is 0 Å². The van der Waals surface area contributed by atoms with Gasteiger partial charge in [-0.3, -0.25) is 9.59 Å². The van der Waals surface area contributed by atoms with Gasteiger partial charge in [-0.05, 0) is 50.1 Å². The maximum atomic E-state index is 12.9. The fourth-order valence-corrected chi connectivity index (χ4v) is 3.53. The summed E-state index contributed by atoms with van der Waals surface area (Å²) in [5.41, 5.74) is 4.04. The Morgan fingerprint density at radius 3 is 2.12 bits per heavy atom.